The van der Waals surface area contributed by atoms with Gasteiger partial charge in [0.05, 0.1) is 12.5 Å². The third kappa shape index (κ3) is 5.01. The molecule has 0 aromatic heterocycles. The Kier molecular flexibility index (Phi) is 6.18. The molecule has 5 heteroatoms. The van der Waals surface area contributed by atoms with E-state index in [9.17, 15) is 9.59 Å². The van der Waals surface area contributed by atoms with E-state index in [1.807, 2.05) is 26.0 Å². The van der Waals surface area contributed by atoms with Crippen LogP contribution in [0.3, 0.4) is 0 Å². The minimum atomic E-state index is -0.819. The standard InChI is InChI=1S/C15H22N2O3/c1-3-4-13(16)15(20)17-12-7-5-11(6-8-12)10(2)9-14(18)19/h5-8,10,13H,3-4,9,16H2,1-2H3,(H,17,20)(H,18,19). The Labute approximate surface area is 119 Å². The van der Waals surface area contributed by atoms with E-state index in [2.05, 4.69) is 5.32 Å². The predicted octanol–water partition coefficient (Wildman–Crippen LogP) is 2.33. The normalized spacial score (nSPS) is 13.6. The fourth-order valence-corrected chi connectivity index (χ4v) is 1.95. The summed E-state index contributed by atoms with van der Waals surface area (Å²) in [7, 11) is 0. The largest absolute Gasteiger partial charge is 0.481 e. The molecule has 1 rings (SSSR count). The summed E-state index contributed by atoms with van der Waals surface area (Å²) < 4.78 is 0. The number of nitrogens with one attached hydrogen (secondary N) is 1. The van der Waals surface area contributed by atoms with Crippen molar-refractivity contribution in [1.29, 1.82) is 0 Å². The van der Waals surface area contributed by atoms with Crippen molar-refractivity contribution in [3.8, 4) is 0 Å². The highest BCUT2D eigenvalue weighted by molar-refractivity contribution is 5.94. The second-order valence-corrected chi connectivity index (χ2v) is 5.01. The summed E-state index contributed by atoms with van der Waals surface area (Å²) in [5, 5.41) is 11.5. The molecule has 5 nitrogen and oxygen atoms in total. The molecule has 0 saturated heterocycles. The molecule has 0 aliphatic carbocycles. The highest BCUT2D eigenvalue weighted by Gasteiger charge is 2.13. The first-order valence-electron chi connectivity index (χ1n) is 6.82. The molecular formula is C15H22N2O3. The zero-order valence-corrected chi connectivity index (χ0v) is 11.9. The molecule has 1 amide bonds. The number of carboxylic acid groups (broad SMARTS) is 1. The van der Waals surface area contributed by atoms with Crippen molar-refractivity contribution >= 4 is 17.6 Å². The Bertz CT molecular complexity index is 457. The molecule has 20 heavy (non-hydrogen) atoms. The molecule has 0 aliphatic rings. The van der Waals surface area contributed by atoms with Gasteiger partial charge in [-0.15, -0.1) is 0 Å². The Balaban J connectivity index is 2.62. The molecule has 0 bridgehead atoms. The van der Waals surface area contributed by atoms with E-state index >= 15 is 0 Å². The van der Waals surface area contributed by atoms with Crippen LogP contribution in [0.2, 0.25) is 0 Å². The van der Waals surface area contributed by atoms with Gasteiger partial charge in [0.25, 0.3) is 0 Å². The van der Waals surface area contributed by atoms with E-state index in [1.165, 1.54) is 0 Å². The first kappa shape index (κ1) is 16.2. The Morgan fingerprint density at radius 2 is 1.90 bits per heavy atom. The van der Waals surface area contributed by atoms with Crippen molar-refractivity contribution in [1.82, 2.24) is 0 Å². The number of benzene rings is 1. The number of hydrogen-bond acceptors (Lipinski definition) is 3. The number of nitrogens with two attached hydrogens (primary N) is 1. The van der Waals surface area contributed by atoms with Gasteiger partial charge in [0, 0.05) is 5.69 Å². The quantitative estimate of drug-likeness (QED) is 0.713. The molecule has 1 aromatic rings. The molecule has 0 radical (unpaired) electrons. The minimum Gasteiger partial charge on any atom is -0.481 e. The summed E-state index contributed by atoms with van der Waals surface area (Å²) in [5.74, 6) is -1.07. The smallest absolute Gasteiger partial charge is 0.303 e. The second-order valence-electron chi connectivity index (χ2n) is 5.01. The van der Waals surface area contributed by atoms with Gasteiger partial charge in [0.2, 0.25) is 5.91 Å². The summed E-state index contributed by atoms with van der Waals surface area (Å²) >= 11 is 0. The Morgan fingerprint density at radius 3 is 2.40 bits per heavy atom. The van der Waals surface area contributed by atoms with Gasteiger partial charge in [0.15, 0.2) is 0 Å². The van der Waals surface area contributed by atoms with E-state index in [4.69, 9.17) is 10.8 Å². The number of aliphatic carboxylic acids is 1. The number of carbonyl (C=O) groups is 2. The number of rotatable bonds is 7. The maximum atomic E-state index is 11.8. The van der Waals surface area contributed by atoms with Gasteiger partial charge < -0.3 is 16.2 Å². The molecule has 1 aromatic carbocycles. The van der Waals surface area contributed by atoms with Crippen LogP contribution in [0.5, 0.6) is 0 Å². The van der Waals surface area contributed by atoms with Crippen LogP contribution in [0.15, 0.2) is 24.3 Å². The molecule has 0 spiro atoms. The lowest BCUT2D eigenvalue weighted by molar-refractivity contribution is -0.137. The van der Waals surface area contributed by atoms with E-state index in [0.29, 0.717) is 12.1 Å². The predicted molar refractivity (Wildman–Crippen MR) is 78.6 cm³/mol. The van der Waals surface area contributed by atoms with E-state index in [1.54, 1.807) is 12.1 Å². The molecular weight excluding hydrogens is 256 g/mol. The van der Waals surface area contributed by atoms with Gasteiger partial charge >= 0.3 is 5.97 Å². The zero-order chi connectivity index (χ0) is 15.1. The van der Waals surface area contributed by atoms with Crippen molar-refractivity contribution < 1.29 is 14.7 Å². The third-order valence-corrected chi connectivity index (χ3v) is 3.16. The molecule has 2 atom stereocenters. The van der Waals surface area contributed by atoms with Crippen LogP contribution in [0.4, 0.5) is 5.69 Å². The van der Waals surface area contributed by atoms with Gasteiger partial charge in [-0.05, 0) is 30.0 Å². The maximum absolute atomic E-state index is 11.8. The first-order valence-corrected chi connectivity index (χ1v) is 6.82. The average Bonchev–Trinajstić information content (AvgIpc) is 2.39. The van der Waals surface area contributed by atoms with Gasteiger partial charge in [-0.25, -0.2) is 0 Å². The van der Waals surface area contributed by atoms with Gasteiger partial charge in [-0.3, -0.25) is 9.59 Å². The fourth-order valence-electron chi connectivity index (χ4n) is 1.95. The first-order chi connectivity index (χ1) is 9.43. The molecule has 0 saturated carbocycles. The fraction of sp³-hybridized carbons (Fsp3) is 0.467. The van der Waals surface area contributed by atoms with Crippen LogP contribution in [0.1, 0.15) is 44.6 Å². The topological polar surface area (TPSA) is 92.4 Å². The van der Waals surface area contributed by atoms with Gasteiger partial charge in [-0.2, -0.15) is 0 Å². The SMILES string of the molecule is CCCC(N)C(=O)Nc1ccc(C(C)CC(=O)O)cc1. The molecule has 0 fully saturated rings. The van der Waals surface area contributed by atoms with Crippen LogP contribution in [0.25, 0.3) is 0 Å². The molecule has 4 N–H and O–H groups in total. The number of amides is 1. The monoisotopic (exact) mass is 278 g/mol. The van der Waals surface area contributed by atoms with Crippen molar-refractivity contribution in [2.45, 2.75) is 45.1 Å². The maximum Gasteiger partial charge on any atom is 0.303 e. The molecule has 0 heterocycles. The Morgan fingerprint density at radius 1 is 1.30 bits per heavy atom. The van der Waals surface area contributed by atoms with Crippen molar-refractivity contribution in [2.24, 2.45) is 5.73 Å². The van der Waals surface area contributed by atoms with E-state index < -0.39 is 12.0 Å². The lowest BCUT2D eigenvalue weighted by atomic mass is 9.98. The second kappa shape index (κ2) is 7.65. The summed E-state index contributed by atoms with van der Waals surface area (Å²) in [4.78, 5) is 22.4. The van der Waals surface area contributed by atoms with Crippen molar-refractivity contribution in [3.05, 3.63) is 29.8 Å². The number of anilines is 1. The minimum absolute atomic E-state index is 0.0559. The average molecular weight is 278 g/mol. The summed E-state index contributed by atoms with van der Waals surface area (Å²) in [6.07, 6.45) is 1.60. The van der Waals surface area contributed by atoms with E-state index in [-0.39, 0.29) is 18.2 Å². The van der Waals surface area contributed by atoms with Crippen LogP contribution in [0, 0.1) is 0 Å². The van der Waals surface area contributed by atoms with Crippen LogP contribution < -0.4 is 11.1 Å². The number of carbonyl (C=O) groups excluding carboxylic acids is 1. The van der Waals surface area contributed by atoms with Crippen LogP contribution in [-0.4, -0.2) is 23.0 Å². The summed E-state index contributed by atoms with van der Waals surface area (Å²) in [6.45, 7) is 3.84. The van der Waals surface area contributed by atoms with Crippen molar-refractivity contribution in [2.75, 3.05) is 5.32 Å². The van der Waals surface area contributed by atoms with Crippen LogP contribution in [-0.2, 0) is 9.59 Å². The number of carboxylic acids is 1. The lowest BCUT2D eigenvalue weighted by Crippen LogP contribution is -2.35. The molecule has 110 valence electrons. The van der Waals surface area contributed by atoms with Gasteiger partial charge in [-0.1, -0.05) is 32.4 Å². The number of hydrogen-bond donors (Lipinski definition) is 3. The lowest BCUT2D eigenvalue weighted by Gasteiger charge is -2.13. The summed E-state index contributed by atoms with van der Waals surface area (Å²) in [6, 6.07) is 6.70. The molecule has 2 unspecified atom stereocenters. The summed E-state index contributed by atoms with van der Waals surface area (Å²) in [5.41, 5.74) is 7.34. The Hall–Kier alpha value is -1.88. The highest BCUT2D eigenvalue weighted by Crippen LogP contribution is 2.21. The third-order valence-electron chi connectivity index (χ3n) is 3.16. The van der Waals surface area contributed by atoms with E-state index in [0.717, 1.165) is 12.0 Å². The highest BCUT2D eigenvalue weighted by atomic mass is 16.4. The van der Waals surface area contributed by atoms with Crippen molar-refractivity contribution in [3.63, 3.8) is 0 Å². The van der Waals surface area contributed by atoms with Gasteiger partial charge in [0.1, 0.15) is 0 Å². The molecule has 0 aliphatic heterocycles. The van der Waals surface area contributed by atoms with Crippen LogP contribution >= 0.6 is 0 Å². The zero-order valence-electron chi connectivity index (χ0n) is 11.9.